The number of carbonyl (C=O) groups is 1. The van der Waals surface area contributed by atoms with Gasteiger partial charge in [0.15, 0.2) is 5.78 Å². The molecule has 0 atom stereocenters. The minimum absolute atomic E-state index is 0.0101. The number of rotatable bonds is 7. The van der Waals surface area contributed by atoms with Crippen molar-refractivity contribution in [1.29, 1.82) is 0 Å². The first-order valence-corrected chi connectivity index (χ1v) is 11.4. The van der Waals surface area contributed by atoms with Gasteiger partial charge in [0.05, 0.1) is 12.0 Å². The lowest BCUT2D eigenvalue weighted by molar-refractivity contribution is 0.0982. The molecule has 0 N–H and O–H groups in total. The van der Waals surface area contributed by atoms with Crippen LogP contribution >= 0.6 is 11.6 Å². The van der Waals surface area contributed by atoms with E-state index in [1.54, 1.807) is 53.3 Å². The summed E-state index contributed by atoms with van der Waals surface area (Å²) in [5, 5.41) is 0.309. The van der Waals surface area contributed by atoms with Crippen LogP contribution in [-0.2, 0) is 16.3 Å². The molecule has 2 aromatic carbocycles. The third-order valence-electron chi connectivity index (χ3n) is 5.00. The number of imidazole rings is 1. The molecule has 0 bridgehead atoms. The third-order valence-corrected chi connectivity index (χ3v) is 7.03. The number of halogens is 1. The highest BCUT2D eigenvalue weighted by Crippen LogP contribution is 2.32. The van der Waals surface area contributed by atoms with E-state index in [1.807, 2.05) is 0 Å². The normalized spacial score (nSPS) is 11.5. The second kappa shape index (κ2) is 8.53. The van der Waals surface area contributed by atoms with Crippen LogP contribution in [0.15, 0.2) is 83.0 Å². The zero-order valence-electron chi connectivity index (χ0n) is 16.7. The molecule has 0 aliphatic rings. The summed E-state index contributed by atoms with van der Waals surface area (Å²) in [5.74, 6) is 0.241. The molecule has 0 unspecified atom stereocenters. The molecule has 0 fully saturated rings. The maximum atomic E-state index is 13.0. The van der Waals surface area contributed by atoms with Gasteiger partial charge in [-0.1, -0.05) is 23.7 Å². The highest BCUT2D eigenvalue weighted by Gasteiger charge is 2.22. The first kappa shape index (κ1) is 21.1. The summed E-state index contributed by atoms with van der Waals surface area (Å²) in [6.45, 7) is 0. The molecule has 31 heavy (non-hydrogen) atoms. The van der Waals surface area contributed by atoms with Crippen molar-refractivity contribution in [3.63, 3.8) is 0 Å². The van der Waals surface area contributed by atoms with Gasteiger partial charge in [0, 0.05) is 35.6 Å². The number of methoxy groups -OCH3 is 1. The molecular formula is C23H19ClN2O4S. The Balaban J connectivity index is 1.49. The van der Waals surface area contributed by atoms with Gasteiger partial charge in [-0.15, -0.1) is 0 Å². The smallest absolute Gasteiger partial charge is 0.210 e. The number of benzene rings is 2. The minimum Gasteiger partial charge on any atom is -0.495 e. The van der Waals surface area contributed by atoms with E-state index in [2.05, 4.69) is 4.98 Å². The van der Waals surface area contributed by atoms with Crippen LogP contribution in [0.5, 0.6) is 5.75 Å². The molecule has 4 aromatic rings. The number of fused-ring (bicyclic) bond motifs is 1. The predicted molar refractivity (Wildman–Crippen MR) is 118 cm³/mol. The van der Waals surface area contributed by atoms with Crippen molar-refractivity contribution in [2.75, 3.05) is 7.11 Å². The summed E-state index contributed by atoms with van der Waals surface area (Å²) in [6, 6.07) is 14.5. The van der Waals surface area contributed by atoms with E-state index in [9.17, 15) is 13.2 Å². The summed E-state index contributed by atoms with van der Waals surface area (Å²) >= 11 is 5.98. The Morgan fingerprint density at radius 1 is 1.10 bits per heavy atom. The number of ether oxygens (including phenoxy) is 1. The maximum Gasteiger partial charge on any atom is 0.210 e. The average Bonchev–Trinajstić information content (AvgIpc) is 3.25. The summed E-state index contributed by atoms with van der Waals surface area (Å²) in [6.07, 6.45) is 6.05. The van der Waals surface area contributed by atoms with E-state index in [1.165, 1.54) is 31.4 Å². The van der Waals surface area contributed by atoms with Crippen LogP contribution in [0.1, 0.15) is 22.3 Å². The Morgan fingerprint density at radius 2 is 1.87 bits per heavy atom. The lowest BCUT2D eigenvalue weighted by Crippen LogP contribution is -2.05. The molecule has 4 rings (SSSR count). The second-order valence-electron chi connectivity index (χ2n) is 6.98. The Bertz CT molecular complexity index is 1360. The fourth-order valence-corrected chi connectivity index (χ4v) is 4.99. The Morgan fingerprint density at radius 3 is 2.61 bits per heavy atom. The fourth-order valence-electron chi connectivity index (χ4n) is 3.31. The summed E-state index contributed by atoms with van der Waals surface area (Å²) in [7, 11) is -2.39. The van der Waals surface area contributed by atoms with Crippen LogP contribution in [0, 0.1) is 0 Å². The van der Waals surface area contributed by atoms with Gasteiger partial charge in [-0.2, -0.15) is 0 Å². The van der Waals surface area contributed by atoms with Crippen LogP contribution in [0.4, 0.5) is 0 Å². The molecule has 0 aliphatic heterocycles. The van der Waals surface area contributed by atoms with Crippen LogP contribution in [0.25, 0.3) is 5.65 Å². The van der Waals surface area contributed by atoms with Crippen LogP contribution in [0.3, 0.4) is 0 Å². The molecule has 6 nitrogen and oxygen atoms in total. The predicted octanol–water partition coefficient (Wildman–Crippen LogP) is 4.64. The van der Waals surface area contributed by atoms with Crippen molar-refractivity contribution >= 4 is 32.9 Å². The third kappa shape index (κ3) is 4.33. The van der Waals surface area contributed by atoms with Crippen molar-refractivity contribution in [3.8, 4) is 5.75 Å². The molecule has 0 amide bonds. The van der Waals surface area contributed by atoms with Gasteiger partial charge in [0.2, 0.25) is 9.84 Å². The summed E-state index contributed by atoms with van der Waals surface area (Å²) in [4.78, 5) is 16.9. The van der Waals surface area contributed by atoms with E-state index in [4.69, 9.17) is 16.3 Å². The number of carbonyl (C=O) groups excluding carboxylic acids is 1. The number of hydrogen-bond donors (Lipinski definition) is 0. The number of nitrogens with zero attached hydrogens (tertiary/aromatic N) is 2. The van der Waals surface area contributed by atoms with Gasteiger partial charge < -0.3 is 9.14 Å². The SMILES string of the molecule is COc1ccc(Cl)cc1S(=O)(=O)c1ccc(CCC(=O)c2ccc3nccn3c2)cc1. The van der Waals surface area contributed by atoms with E-state index in [-0.39, 0.29) is 21.3 Å². The fraction of sp³-hybridized carbons (Fsp3) is 0.130. The topological polar surface area (TPSA) is 77.7 Å². The summed E-state index contributed by atoms with van der Waals surface area (Å²) in [5.41, 5.74) is 2.26. The zero-order chi connectivity index (χ0) is 22.0. The number of ketones is 1. The van der Waals surface area contributed by atoms with E-state index >= 15 is 0 Å². The zero-order valence-corrected chi connectivity index (χ0v) is 18.2. The number of pyridine rings is 1. The maximum absolute atomic E-state index is 13.0. The molecule has 8 heteroatoms. The van der Waals surface area contributed by atoms with E-state index < -0.39 is 9.84 Å². The average molecular weight is 455 g/mol. The van der Waals surface area contributed by atoms with Gasteiger partial charge in [-0.3, -0.25) is 4.79 Å². The number of sulfone groups is 1. The molecule has 0 spiro atoms. The van der Waals surface area contributed by atoms with Crippen molar-refractivity contribution in [3.05, 3.63) is 89.3 Å². The van der Waals surface area contributed by atoms with Crippen molar-refractivity contribution in [1.82, 2.24) is 9.38 Å². The summed E-state index contributed by atoms with van der Waals surface area (Å²) < 4.78 is 33.0. The second-order valence-corrected chi connectivity index (χ2v) is 9.33. The van der Waals surface area contributed by atoms with Crippen LogP contribution in [0.2, 0.25) is 5.02 Å². The first-order chi connectivity index (χ1) is 14.9. The van der Waals surface area contributed by atoms with Crippen molar-refractivity contribution in [2.24, 2.45) is 0 Å². The Hall–Kier alpha value is -3.16. The van der Waals surface area contributed by atoms with Crippen LogP contribution < -0.4 is 4.74 Å². The lowest BCUT2D eigenvalue weighted by Gasteiger charge is -2.11. The largest absolute Gasteiger partial charge is 0.495 e. The molecule has 2 aromatic heterocycles. The molecule has 0 aliphatic carbocycles. The van der Waals surface area contributed by atoms with Crippen molar-refractivity contribution < 1.29 is 17.9 Å². The molecule has 0 saturated carbocycles. The van der Waals surface area contributed by atoms with Gasteiger partial charge in [0.25, 0.3) is 0 Å². The first-order valence-electron chi connectivity index (χ1n) is 9.52. The van der Waals surface area contributed by atoms with Gasteiger partial charge in [0.1, 0.15) is 16.3 Å². The Kier molecular flexibility index (Phi) is 5.80. The monoisotopic (exact) mass is 454 g/mol. The highest BCUT2D eigenvalue weighted by molar-refractivity contribution is 7.91. The molecular weight excluding hydrogens is 436 g/mol. The molecule has 0 saturated heterocycles. The van der Waals surface area contributed by atoms with E-state index in [0.717, 1.165) is 11.2 Å². The minimum atomic E-state index is -3.80. The number of hydrogen-bond acceptors (Lipinski definition) is 5. The van der Waals surface area contributed by atoms with Gasteiger partial charge in [-0.25, -0.2) is 13.4 Å². The van der Waals surface area contributed by atoms with Crippen molar-refractivity contribution in [2.45, 2.75) is 22.6 Å². The number of aryl methyl sites for hydroxylation is 1. The Labute approximate surface area is 185 Å². The highest BCUT2D eigenvalue weighted by atomic mass is 35.5. The molecule has 2 heterocycles. The number of Topliss-reactive ketones (excluding diaryl/α,β-unsaturated/α-hetero) is 1. The van der Waals surface area contributed by atoms with Gasteiger partial charge >= 0.3 is 0 Å². The van der Waals surface area contributed by atoms with Crippen LogP contribution in [-0.4, -0.2) is 30.7 Å². The van der Waals surface area contributed by atoms with E-state index in [0.29, 0.717) is 23.4 Å². The number of aromatic nitrogens is 2. The lowest BCUT2D eigenvalue weighted by atomic mass is 10.0. The van der Waals surface area contributed by atoms with Gasteiger partial charge in [-0.05, 0) is 54.4 Å². The molecule has 158 valence electrons. The standard InChI is InChI=1S/C23H19ClN2O4S/c1-30-21-10-6-18(24)14-22(21)31(28,29)19-7-2-16(3-8-19)4-9-20(27)17-5-11-23-25-12-13-26(23)15-17/h2-3,5-8,10-15H,4,9H2,1H3. The molecule has 0 radical (unpaired) electrons. The quantitative estimate of drug-likeness (QED) is 0.380.